The van der Waals surface area contributed by atoms with E-state index in [9.17, 15) is 4.79 Å². The molecule has 5 nitrogen and oxygen atoms in total. The molecular formula is C15H19ClN4O. The zero-order valence-corrected chi connectivity index (χ0v) is 12.9. The molecule has 0 aliphatic carbocycles. The fourth-order valence-electron chi connectivity index (χ4n) is 1.82. The van der Waals surface area contributed by atoms with Gasteiger partial charge in [-0.3, -0.25) is 9.48 Å². The van der Waals surface area contributed by atoms with E-state index in [1.165, 1.54) is 0 Å². The van der Waals surface area contributed by atoms with Crippen molar-refractivity contribution in [2.45, 2.75) is 19.5 Å². The smallest absolute Gasteiger partial charge is 0.254 e. The number of hydrogen-bond acceptors (Lipinski definition) is 3. The molecule has 0 radical (unpaired) electrons. The molecule has 0 saturated carbocycles. The van der Waals surface area contributed by atoms with Crippen LogP contribution in [0.25, 0.3) is 0 Å². The molecule has 0 bridgehead atoms. The summed E-state index contributed by atoms with van der Waals surface area (Å²) in [7, 11) is 1.86. The summed E-state index contributed by atoms with van der Waals surface area (Å²) in [5.41, 5.74) is 1.52. The van der Waals surface area contributed by atoms with E-state index in [-0.39, 0.29) is 11.9 Å². The van der Waals surface area contributed by atoms with Gasteiger partial charge in [0.15, 0.2) is 0 Å². The van der Waals surface area contributed by atoms with Crippen LogP contribution in [0.5, 0.6) is 0 Å². The SMILES string of the molecule is CNC(C)CNC(=O)c1cnn(Cc2ccccc2Cl)c1. The van der Waals surface area contributed by atoms with Crippen molar-refractivity contribution in [3.8, 4) is 0 Å². The third kappa shape index (κ3) is 4.31. The summed E-state index contributed by atoms with van der Waals surface area (Å²) in [6.07, 6.45) is 3.29. The predicted molar refractivity (Wildman–Crippen MR) is 83.6 cm³/mol. The van der Waals surface area contributed by atoms with Crippen LogP contribution in [0.1, 0.15) is 22.8 Å². The molecule has 0 spiro atoms. The van der Waals surface area contributed by atoms with Crippen LogP contribution in [0.2, 0.25) is 5.02 Å². The third-order valence-electron chi connectivity index (χ3n) is 3.25. The van der Waals surface area contributed by atoms with Crippen LogP contribution in [0.3, 0.4) is 0 Å². The van der Waals surface area contributed by atoms with Crippen LogP contribution < -0.4 is 10.6 Å². The number of nitrogens with zero attached hydrogens (tertiary/aromatic N) is 2. The van der Waals surface area contributed by atoms with Gasteiger partial charge in [0.2, 0.25) is 0 Å². The Labute approximate surface area is 129 Å². The lowest BCUT2D eigenvalue weighted by Crippen LogP contribution is -2.37. The van der Waals surface area contributed by atoms with Gasteiger partial charge in [0, 0.05) is 23.8 Å². The highest BCUT2D eigenvalue weighted by Crippen LogP contribution is 2.16. The lowest BCUT2D eigenvalue weighted by Gasteiger charge is -2.10. The summed E-state index contributed by atoms with van der Waals surface area (Å²) in [5, 5.41) is 10.8. The van der Waals surface area contributed by atoms with Gasteiger partial charge in [-0.2, -0.15) is 5.10 Å². The van der Waals surface area contributed by atoms with Crippen LogP contribution in [0, 0.1) is 0 Å². The maximum absolute atomic E-state index is 12.0. The molecule has 0 fully saturated rings. The van der Waals surface area contributed by atoms with E-state index in [1.54, 1.807) is 17.1 Å². The summed E-state index contributed by atoms with van der Waals surface area (Å²) in [6.45, 7) is 3.12. The van der Waals surface area contributed by atoms with E-state index in [2.05, 4.69) is 15.7 Å². The van der Waals surface area contributed by atoms with Crippen molar-refractivity contribution >= 4 is 17.5 Å². The van der Waals surface area contributed by atoms with Crippen molar-refractivity contribution < 1.29 is 4.79 Å². The Morgan fingerprint density at radius 2 is 2.19 bits per heavy atom. The van der Waals surface area contributed by atoms with Gasteiger partial charge in [-0.1, -0.05) is 29.8 Å². The predicted octanol–water partition coefficient (Wildman–Crippen LogP) is 1.92. The molecule has 6 heteroatoms. The van der Waals surface area contributed by atoms with Gasteiger partial charge in [0.25, 0.3) is 5.91 Å². The van der Waals surface area contributed by atoms with Gasteiger partial charge in [0.1, 0.15) is 0 Å². The van der Waals surface area contributed by atoms with Gasteiger partial charge in [0.05, 0.1) is 18.3 Å². The number of rotatable bonds is 6. The molecule has 1 atom stereocenters. The number of carbonyl (C=O) groups excluding carboxylic acids is 1. The zero-order chi connectivity index (χ0) is 15.2. The standard InChI is InChI=1S/C15H19ClN4O/c1-11(17-2)7-18-15(21)13-8-19-20(10-13)9-12-5-3-4-6-14(12)16/h3-6,8,10-11,17H,7,9H2,1-2H3,(H,18,21). The number of benzene rings is 1. The van der Waals surface area contributed by atoms with E-state index in [0.717, 1.165) is 5.56 Å². The number of halogens is 1. The Morgan fingerprint density at radius 3 is 2.90 bits per heavy atom. The molecule has 21 heavy (non-hydrogen) atoms. The van der Waals surface area contributed by atoms with Crippen LogP contribution in [-0.4, -0.2) is 35.3 Å². The molecular weight excluding hydrogens is 288 g/mol. The van der Waals surface area contributed by atoms with Crippen LogP contribution in [-0.2, 0) is 6.54 Å². The molecule has 112 valence electrons. The second-order valence-corrected chi connectivity index (χ2v) is 5.32. The van der Waals surface area contributed by atoms with E-state index in [1.807, 2.05) is 38.2 Å². The van der Waals surface area contributed by atoms with Crippen LogP contribution in [0.4, 0.5) is 0 Å². The number of nitrogens with one attached hydrogen (secondary N) is 2. The molecule has 1 heterocycles. The van der Waals surface area contributed by atoms with E-state index in [4.69, 9.17) is 11.6 Å². The van der Waals surface area contributed by atoms with Crippen LogP contribution >= 0.6 is 11.6 Å². The van der Waals surface area contributed by atoms with Crippen molar-refractivity contribution in [1.82, 2.24) is 20.4 Å². The second kappa shape index (κ2) is 7.24. The molecule has 0 aliphatic heterocycles. The van der Waals surface area contributed by atoms with Gasteiger partial charge >= 0.3 is 0 Å². The molecule has 1 aromatic carbocycles. The first-order valence-corrected chi connectivity index (χ1v) is 7.19. The van der Waals surface area contributed by atoms with Crippen molar-refractivity contribution in [1.29, 1.82) is 0 Å². The lowest BCUT2D eigenvalue weighted by molar-refractivity contribution is 0.0950. The Morgan fingerprint density at radius 1 is 1.43 bits per heavy atom. The van der Waals surface area contributed by atoms with E-state index < -0.39 is 0 Å². The summed E-state index contributed by atoms with van der Waals surface area (Å²) in [4.78, 5) is 12.0. The highest BCUT2D eigenvalue weighted by Gasteiger charge is 2.10. The normalized spacial score (nSPS) is 12.1. The molecule has 2 N–H and O–H groups in total. The minimum atomic E-state index is -0.123. The van der Waals surface area contributed by atoms with Gasteiger partial charge in [-0.05, 0) is 25.6 Å². The molecule has 1 amide bonds. The Kier molecular flexibility index (Phi) is 5.36. The highest BCUT2D eigenvalue weighted by atomic mass is 35.5. The number of hydrogen-bond donors (Lipinski definition) is 2. The molecule has 0 aliphatic rings. The lowest BCUT2D eigenvalue weighted by atomic mass is 10.2. The first-order valence-electron chi connectivity index (χ1n) is 6.81. The fraction of sp³-hybridized carbons (Fsp3) is 0.333. The maximum atomic E-state index is 12.0. The monoisotopic (exact) mass is 306 g/mol. The number of aromatic nitrogens is 2. The first kappa shape index (κ1) is 15.5. The first-order chi connectivity index (χ1) is 10.1. The van der Waals surface area contributed by atoms with E-state index >= 15 is 0 Å². The summed E-state index contributed by atoms with van der Waals surface area (Å²) >= 11 is 6.12. The highest BCUT2D eigenvalue weighted by molar-refractivity contribution is 6.31. The topological polar surface area (TPSA) is 58.9 Å². The zero-order valence-electron chi connectivity index (χ0n) is 12.1. The third-order valence-corrected chi connectivity index (χ3v) is 3.62. The molecule has 1 unspecified atom stereocenters. The van der Waals surface area contributed by atoms with Gasteiger partial charge < -0.3 is 10.6 Å². The Balaban J connectivity index is 1.98. The fourth-order valence-corrected chi connectivity index (χ4v) is 2.01. The van der Waals surface area contributed by atoms with Gasteiger partial charge in [-0.15, -0.1) is 0 Å². The van der Waals surface area contributed by atoms with Crippen LogP contribution in [0.15, 0.2) is 36.7 Å². The Bertz CT molecular complexity index is 611. The van der Waals surface area contributed by atoms with E-state index in [0.29, 0.717) is 23.7 Å². The largest absolute Gasteiger partial charge is 0.350 e. The van der Waals surface area contributed by atoms with Crippen molar-refractivity contribution in [2.24, 2.45) is 0 Å². The molecule has 2 aromatic rings. The van der Waals surface area contributed by atoms with Crippen molar-refractivity contribution in [2.75, 3.05) is 13.6 Å². The van der Waals surface area contributed by atoms with Gasteiger partial charge in [-0.25, -0.2) is 0 Å². The number of likely N-dealkylation sites (N-methyl/N-ethyl adjacent to an activating group) is 1. The summed E-state index contributed by atoms with van der Waals surface area (Å²) < 4.78 is 1.71. The summed E-state index contributed by atoms with van der Waals surface area (Å²) in [6, 6.07) is 7.83. The number of carbonyl (C=O) groups is 1. The average molecular weight is 307 g/mol. The van der Waals surface area contributed by atoms with Crippen molar-refractivity contribution in [3.63, 3.8) is 0 Å². The molecule has 2 rings (SSSR count). The minimum absolute atomic E-state index is 0.123. The summed E-state index contributed by atoms with van der Waals surface area (Å²) in [5.74, 6) is -0.123. The average Bonchev–Trinajstić information content (AvgIpc) is 2.95. The molecule has 1 aromatic heterocycles. The Hall–Kier alpha value is -1.85. The number of amides is 1. The minimum Gasteiger partial charge on any atom is -0.350 e. The van der Waals surface area contributed by atoms with Crippen molar-refractivity contribution in [3.05, 3.63) is 52.8 Å². The quantitative estimate of drug-likeness (QED) is 0.857. The second-order valence-electron chi connectivity index (χ2n) is 4.92. The maximum Gasteiger partial charge on any atom is 0.254 e. The molecule has 0 saturated heterocycles.